The van der Waals surface area contributed by atoms with E-state index in [2.05, 4.69) is 0 Å². The average molecular weight is 386 g/mol. The van der Waals surface area contributed by atoms with Crippen LogP contribution in [0.25, 0.3) is 0 Å². The van der Waals surface area contributed by atoms with Crippen LogP contribution in [0.15, 0.2) is 41.3 Å². The molecule has 0 aromatic heterocycles. The molecule has 0 radical (unpaired) electrons. The molecule has 6 nitrogen and oxygen atoms in total. The number of benzene rings is 2. The molecule has 7 heteroatoms. The number of nitriles is 1. The lowest BCUT2D eigenvalue weighted by molar-refractivity contribution is 0.294. The molecule has 1 aliphatic heterocycles. The second-order valence-electron chi connectivity index (χ2n) is 7.13. The molecule has 0 N–H and O–H groups in total. The summed E-state index contributed by atoms with van der Waals surface area (Å²) in [5.74, 6) is 1.18. The van der Waals surface area contributed by atoms with Gasteiger partial charge in [0.2, 0.25) is 10.0 Å². The summed E-state index contributed by atoms with van der Waals surface area (Å²) in [6, 6.07) is 12.0. The molecule has 0 saturated carbocycles. The van der Waals surface area contributed by atoms with Gasteiger partial charge in [0.25, 0.3) is 0 Å². The fraction of sp³-hybridized carbons (Fsp3) is 0.350. The molecule has 1 aliphatic rings. The molecule has 27 heavy (non-hydrogen) atoms. The topological polar surface area (TPSA) is 79.6 Å². The first-order chi connectivity index (χ1) is 12.7. The van der Waals surface area contributed by atoms with Crippen molar-refractivity contribution in [3.05, 3.63) is 53.1 Å². The highest BCUT2D eigenvalue weighted by Gasteiger charge is 2.39. The summed E-state index contributed by atoms with van der Waals surface area (Å²) < 4.78 is 38.7. The Bertz CT molecular complexity index is 1020. The van der Waals surface area contributed by atoms with Crippen molar-refractivity contribution in [2.45, 2.75) is 30.7 Å². The maximum atomic E-state index is 13.3. The lowest BCUT2D eigenvalue weighted by Crippen LogP contribution is -2.45. The van der Waals surface area contributed by atoms with Crippen LogP contribution in [0, 0.1) is 11.3 Å². The molecular weight excluding hydrogens is 364 g/mol. The van der Waals surface area contributed by atoms with Crippen molar-refractivity contribution < 1.29 is 17.9 Å². The number of ether oxygens (including phenoxy) is 2. The molecule has 0 atom stereocenters. The summed E-state index contributed by atoms with van der Waals surface area (Å²) in [4.78, 5) is 0.0345. The highest BCUT2D eigenvalue weighted by atomic mass is 32.2. The van der Waals surface area contributed by atoms with Gasteiger partial charge in [0.15, 0.2) is 11.5 Å². The van der Waals surface area contributed by atoms with E-state index in [1.54, 1.807) is 26.4 Å². The van der Waals surface area contributed by atoms with Gasteiger partial charge in [-0.1, -0.05) is 26.0 Å². The molecule has 0 amide bonds. The lowest BCUT2D eigenvalue weighted by Gasteiger charge is -2.39. The Hall–Kier alpha value is -2.56. The lowest BCUT2D eigenvalue weighted by atomic mass is 9.79. The van der Waals surface area contributed by atoms with E-state index in [1.807, 2.05) is 32.0 Å². The standard InChI is InChI=1S/C20H22N2O4S/c1-20(2)13-22(27(23,24)19-8-6-5-7-14(19)11-21)12-15-9-17(25-3)18(26-4)10-16(15)20/h5-10H,12-13H2,1-4H3. The Morgan fingerprint density at radius 2 is 1.74 bits per heavy atom. The summed E-state index contributed by atoms with van der Waals surface area (Å²) in [6.07, 6.45) is 0. The molecule has 0 aliphatic carbocycles. The molecule has 0 fully saturated rings. The van der Waals surface area contributed by atoms with E-state index in [1.165, 1.54) is 16.4 Å². The first kappa shape index (κ1) is 19.2. The van der Waals surface area contributed by atoms with Crippen LogP contribution in [0.4, 0.5) is 0 Å². The van der Waals surface area contributed by atoms with Crippen LogP contribution < -0.4 is 9.47 Å². The Balaban J connectivity index is 2.11. The van der Waals surface area contributed by atoms with Gasteiger partial charge in [-0.2, -0.15) is 9.57 Å². The largest absolute Gasteiger partial charge is 0.493 e. The van der Waals surface area contributed by atoms with Gasteiger partial charge in [-0.25, -0.2) is 8.42 Å². The average Bonchev–Trinajstić information content (AvgIpc) is 2.66. The van der Waals surface area contributed by atoms with Crippen molar-refractivity contribution in [1.82, 2.24) is 4.31 Å². The van der Waals surface area contributed by atoms with Crippen LogP contribution >= 0.6 is 0 Å². The summed E-state index contributed by atoms with van der Waals surface area (Å²) in [7, 11) is -0.685. The van der Waals surface area contributed by atoms with E-state index in [-0.39, 0.29) is 17.0 Å². The van der Waals surface area contributed by atoms with E-state index in [0.717, 1.165) is 11.1 Å². The molecule has 142 valence electrons. The molecule has 0 saturated heterocycles. The van der Waals surface area contributed by atoms with Crippen molar-refractivity contribution >= 4 is 10.0 Å². The number of nitrogens with zero attached hydrogens (tertiary/aromatic N) is 2. The Morgan fingerprint density at radius 1 is 1.11 bits per heavy atom. The highest BCUT2D eigenvalue weighted by Crippen LogP contribution is 2.41. The highest BCUT2D eigenvalue weighted by molar-refractivity contribution is 7.89. The Morgan fingerprint density at radius 3 is 2.37 bits per heavy atom. The number of methoxy groups -OCH3 is 2. The Labute approximate surface area is 160 Å². The van der Waals surface area contributed by atoms with Gasteiger partial charge >= 0.3 is 0 Å². The third-order valence-electron chi connectivity index (χ3n) is 4.88. The minimum atomic E-state index is -3.82. The molecule has 1 heterocycles. The van der Waals surface area contributed by atoms with Crippen molar-refractivity contribution in [2.75, 3.05) is 20.8 Å². The van der Waals surface area contributed by atoms with E-state index in [9.17, 15) is 13.7 Å². The third kappa shape index (κ3) is 3.27. The number of fused-ring (bicyclic) bond motifs is 1. The van der Waals surface area contributed by atoms with E-state index >= 15 is 0 Å². The van der Waals surface area contributed by atoms with E-state index in [0.29, 0.717) is 18.0 Å². The van der Waals surface area contributed by atoms with Crippen molar-refractivity contribution in [2.24, 2.45) is 0 Å². The maximum absolute atomic E-state index is 13.3. The molecule has 0 bridgehead atoms. The van der Waals surface area contributed by atoms with Crippen LogP contribution in [0.5, 0.6) is 11.5 Å². The van der Waals surface area contributed by atoms with Crippen LogP contribution in [-0.2, 0) is 22.0 Å². The predicted octanol–water partition coefficient (Wildman–Crippen LogP) is 3.06. The van der Waals surface area contributed by atoms with Gasteiger partial charge in [0.1, 0.15) is 6.07 Å². The quantitative estimate of drug-likeness (QED) is 0.807. The zero-order chi connectivity index (χ0) is 19.8. The zero-order valence-electron chi connectivity index (χ0n) is 15.8. The smallest absolute Gasteiger partial charge is 0.244 e. The second kappa shape index (κ2) is 6.87. The summed E-state index contributed by atoms with van der Waals surface area (Å²) in [6.45, 7) is 4.50. The molecular formula is C20H22N2O4S. The van der Waals surface area contributed by atoms with E-state index < -0.39 is 15.4 Å². The fourth-order valence-corrected chi connectivity index (χ4v) is 5.27. The second-order valence-corrected chi connectivity index (χ2v) is 9.04. The molecule has 0 spiro atoms. The van der Waals surface area contributed by atoms with Crippen molar-refractivity contribution in [3.63, 3.8) is 0 Å². The van der Waals surface area contributed by atoms with E-state index in [4.69, 9.17) is 9.47 Å². The van der Waals surface area contributed by atoms with Crippen LogP contribution in [0.2, 0.25) is 0 Å². The van der Waals surface area contributed by atoms with Gasteiger partial charge in [-0.3, -0.25) is 0 Å². The van der Waals surface area contributed by atoms with Crippen molar-refractivity contribution in [3.8, 4) is 17.6 Å². The number of sulfonamides is 1. The monoisotopic (exact) mass is 386 g/mol. The number of hydrogen-bond acceptors (Lipinski definition) is 5. The molecule has 3 rings (SSSR count). The molecule has 2 aromatic carbocycles. The Kier molecular flexibility index (Phi) is 4.89. The first-order valence-electron chi connectivity index (χ1n) is 8.49. The summed E-state index contributed by atoms with van der Waals surface area (Å²) in [5.41, 5.74) is 1.61. The van der Waals surface area contributed by atoms with Crippen LogP contribution in [-0.4, -0.2) is 33.5 Å². The normalized spacial score (nSPS) is 16.3. The maximum Gasteiger partial charge on any atom is 0.244 e. The minimum absolute atomic E-state index is 0.0345. The number of rotatable bonds is 4. The molecule has 0 unspecified atom stereocenters. The van der Waals surface area contributed by atoms with Gasteiger partial charge in [-0.15, -0.1) is 0 Å². The van der Waals surface area contributed by atoms with Crippen LogP contribution in [0.1, 0.15) is 30.5 Å². The van der Waals surface area contributed by atoms with Crippen LogP contribution in [0.3, 0.4) is 0 Å². The van der Waals surface area contributed by atoms with Crippen molar-refractivity contribution in [1.29, 1.82) is 5.26 Å². The third-order valence-corrected chi connectivity index (χ3v) is 6.73. The predicted molar refractivity (Wildman–Crippen MR) is 101 cm³/mol. The minimum Gasteiger partial charge on any atom is -0.493 e. The summed E-state index contributed by atoms with van der Waals surface area (Å²) in [5, 5.41) is 9.30. The zero-order valence-corrected chi connectivity index (χ0v) is 16.6. The number of hydrogen-bond donors (Lipinski definition) is 0. The van der Waals surface area contributed by atoms with Gasteiger partial charge in [-0.05, 0) is 35.4 Å². The fourth-order valence-electron chi connectivity index (χ4n) is 3.55. The van der Waals surface area contributed by atoms with Gasteiger partial charge < -0.3 is 9.47 Å². The SMILES string of the molecule is COc1cc2c(cc1OC)C(C)(C)CN(S(=O)(=O)c1ccccc1C#N)C2. The van der Waals surface area contributed by atoms with Gasteiger partial charge in [0.05, 0.1) is 24.7 Å². The summed E-state index contributed by atoms with van der Waals surface area (Å²) >= 11 is 0. The van der Waals surface area contributed by atoms with Gasteiger partial charge in [0, 0.05) is 18.5 Å². The first-order valence-corrected chi connectivity index (χ1v) is 9.93. The molecule has 2 aromatic rings.